The van der Waals surface area contributed by atoms with Crippen molar-refractivity contribution in [2.24, 2.45) is 0 Å². The number of nitro benzene ring substituents is 1. The Morgan fingerprint density at radius 2 is 1.92 bits per heavy atom. The summed E-state index contributed by atoms with van der Waals surface area (Å²) in [5.41, 5.74) is 0.0748. The number of ether oxygens (including phenoxy) is 1. The van der Waals surface area contributed by atoms with Crippen LogP contribution in [-0.4, -0.2) is 12.0 Å². The molecule has 0 N–H and O–H groups in total. The predicted molar refractivity (Wildman–Crippen MR) is 40.8 cm³/mol. The van der Waals surface area contributed by atoms with E-state index < -0.39 is 4.92 Å². The Morgan fingerprint density at radius 3 is 2.25 bits per heavy atom. The minimum Gasteiger partial charge on any atom is -1.00 e. The van der Waals surface area contributed by atoms with Gasteiger partial charge in [-0.1, -0.05) is 0 Å². The van der Waals surface area contributed by atoms with Crippen molar-refractivity contribution in [3.8, 4) is 5.75 Å². The molecule has 0 bridgehead atoms. The third-order valence-electron chi connectivity index (χ3n) is 1.28. The molecule has 0 aliphatic rings. The zero-order chi connectivity index (χ0) is 8.27. The third kappa shape index (κ3) is 2.81. The van der Waals surface area contributed by atoms with E-state index in [2.05, 4.69) is 0 Å². The van der Waals surface area contributed by atoms with Gasteiger partial charge in [0.15, 0.2) is 0 Å². The van der Waals surface area contributed by atoms with Crippen LogP contribution in [0, 0.1) is 10.1 Å². The van der Waals surface area contributed by atoms with Gasteiger partial charge in [0.25, 0.3) is 5.69 Å². The van der Waals surface area contributed by atoms with E-state index in [-0.39, 0.29) is 36.7 Å². The zero-order valence-corrected chi connectivity index (χ0v) is 8.98. The Balaban J connectivity index is 0. The summed E-state index contributed by atoms with van der Waals surface area (Å²) in [5.74, 6) is 0.621. The topological polar surface area (TPSA) is 52.4 Å². The molecule has 0 aromatic heterocycles. The molecule has 1 aromatic carbocycles. The maximum Gasteiger partial charge on any atom is 1.00 e. The Kier molecular flexibility index (Phi) is 4.89. The summed E-state index contributed by atoms with van der Waals surface area (Å²) in [7, 11) is 1.52. The summed E-state index contributed by atoms with van der Waals surface area (Å²) in [5, 5.41) is 10.2. The Labute approximate surface area is 93.5 Å². The summed E-state index contributed by atoms with van der Waals surface area (Å²) >= 11 is 0. The van der Waals surface area contributed by atoms with Crippen LogP contribution in [0.2, 0.25) is 0 Å². The fraction of sp³-hybridized carbons (Fsp3) is 0.143. The van der Waals surface area contributed by atoms with Gasteiger partial charge in [-0.15, -0.1) is 0 Å². The first-order valence-corrected chi connectivity index (χ1v) is 3.02. The molecular formula is C7H8NNaO3. The fourth-order valence-corrected chi connectivity index (χ4v) is 0.704. The van der Waals surface area contributed by atoms with Crippen molar-refractivity contribution in [3.63, 3.8) is 0 Å². The van der Waals surface area contributed by atoms with Crippen LogP contribution >= 0.6 is 0 Å². The second kappa shape index (κ2) is 5.13. The van der Waals surface area contributed by atoms with Crippen LogP contribution in [0.15, 0.2) is 24.3 Å². The van der Waals surface area contributed by atoms with Crippen LogP contribution in [0.3, 0.4) is 0 Å². The van der Waals surface area contributed by atoms with Crippen molar-refractivity contribution < 1.29 is 40.6 Å². The van der Waals surface area contributed by atoms with E-state index in [4.69, 9.17) is 4.74 Å². The number of hydrogen-bond acceptors (Lipinski definition) is 3. The van der Waals surface area contributed by atoms with Crippen molar-refractivity contribution in [1.29, 1.82) is 0 Å². The third-order valence-corrected chi connectivity index (χ3v) is 1.28. The molecule has 0 aliphatic heterocycles. The predicted octanol–water partition coefficient (Wildman–Crippen LogP) is -1.28. The maximum atomic E-state index is 10.2. The van der Waals surface area contributed by atoms with Crippen LogP contribution in [0.5, 0.6) is 5.75 Å². The molecule has 0 saturated heterocycles. The average Bonchev–Trinajstić information content (AvgIpc) is 2.05. The zero-order valence-electron chi connectivity index (χ0n) is 7.98. The summed E-state index contributed by atoms with van der Waals surface area (Å²) < 4.78 is 4.83. The van der Waals surface area contributed by atoms with Crippen LogP contribution in [0.25, 0.3) is 0 Å². The minimum atomic E-state index is -0.445. The van der Waals surface area contributed by atoms with Crippen LogP contribution in [0.1, 0.15) is 1.43 Å². The van der Waals surface area contributed by atoms with E-state index in [1.807, 2.05) is 0 Å². The van der Waals surface area contributed by atoms with Gasteiger partial charge in [-0.2, -0.15) is 0 Å². The number of hydrogen-bond donors (Lipinski definition) is 0. The maximum absolute atomic E-state index is 10.2. The molecule has 12 heavy (non-hydrogen) atoms. The molecule has 0 amide bonds. The van der Waals surface area contributed by atoms with E-state index in [1.165, 1.54) is 19.2 Å². The molecule has 0 fully saturated rings. The molecule has 1 aromatic rings. The molecule has 0 aliphatic carbocycles. The first kappa shape index (κ1) is 11.4. The van der Waals surface area contributed by atoms with Gasteiger partial charge in [-0.25, -0.2) is 0 Å². The molecule has 0 radical (unpaired) electrons. The van der Waals surface area contributed by atoms with Crippen molar-refractivity contribution >= 4 is 5.69 Å². The molecule has 1 rings (SSSR count). The molecule has 0 spiro atoms. The Hall–Kier alpha value is -0.580. The van der Waals surface area contributed by atoms with Gasteiger partial charge in [0, 0.05) is 12.1 Å². The van der Waals surface area contributed by atoms with Gasteiger partial charge >= 0.3 is 29.6 Å². The molecule has 0 atom stereocenters. The second-order valence-electron chi connectivity index (χ2n) is 1.96. The Bertz CT molecular complexity index is 265. The smallest absolute Gasteiger partial charge is 1.00 e. The number of nitro groups is 1. The van der Waals surface area contributed by atoms with Crippen LogP contribution in [0.4, 0.5) is 5.69 Å². The first-order chi connectivity index (χ1) is 5.24. The van der Waals surface area contributed by atoms with Crippen LogP contribution in [-0.2, 0) is 0 Å². The summed E-state index contributed by atoms with van der Waals surface area (Å²) in [4.78, 5) is 9.72. The van der Waals surface area contributed by atoms with Gasteiger partial charge in [-0.3, -0.25) is 10.1 Å². The molecule has 0 saturated carbocycles. The molecule has 5 heteroatoms. The van der Waals surface area contributed by atoms with Crippen LogP contribution < -0.4 is 34.3 Å². The van der Waals surface area contributed by atoms with Gasteiger partial charge in [0.05, 0.1) is 12.0 Å². The van der Waals surface area contributed by atoms with E-state index >= 15 is 0 Å². The molecule has 0 heterocycles. The molecule has 60 valence electrons. The van der Waals surface area contributed by atoms with Crippen molar-refractivity contribution in [2.45, 2.75) is 0 Å². The van der Waals surface area contributed by atoms with Crippen molar-refractivity contribution in [3.05, 3.63) is 34.4 Å². The second-order valence-corrected chi connectivity index (χ2v) is 1.96. The largest absolute Gasteiger partial charge is 1.00 e. The quantitative estimate of drug-likeness (QED) is 0.321. The number of non-ortho nitro benzene ring substituents is 1. The number of benzene rings is 1. The van der Waals surface area contributed by atoms with Crippen molar-refractivity contribution in [2.75, 3.05) is 7.11 Å². The van der Waals surface area contributed by atoms with E-state index in [9.17, 15) is 10.1 Å². The number of rotatable bonds is 2. The number of methoxy groups -OCH3 is 1. The standard InChI is InChI=1S/C7H7NO3.Na.H/c1-11-7-4-2-6(3-5-7)8(9)10;;/h2-5H,1H3;;/q;+1;-1. The van der Waals surface area contributed by atoms with Gasteiger partial charge in [0.2, 0.25) is 0 Å². The fourth-order valence-electron chi connectivity index (χ4n) is 0.704. The Morgan fingerprint density at radius 1 is 1.42 bits per heavy atom. The first-order valence-electron chi connectivity index (χ1n) is 3.02. The summed E-state index contributed by atoms with van der Waals surface area (Å²) in [6, 6.07) is 5.91. The van der Waals surface area contributed by atoms with Gasteiger partial charge < -0.3 is 6.16 Å². The summed E-state index contributed by atoms with van der Waals surface area (Å²) in [6.45, 7) is 0. The normalized spacial score (nSPS) is 8.42. The molecular weight excluding hydrogens is 169 g/mol. The van der Waals surface area contributed by atoms with E-state index in [0.29, 0.717) is 5.75 Å². The van der Waals surface area contributed by atoms with E-state index in [1.54, 1.807) is 12.1 Å². The summed E-state index contributed by atoms with van der Waals surface area (Å²) in [6.07, 6.45) is 0. The van der Waals surface area contributed by atoms with Gasteiger partial charge in [-0.05, 0) is 12.1 Å². The number of nitrogens with zero attached hydrogens (tertiary/aromatic N) is 1. The van der Waals surface area contributed by atoms with Gasteiger partial charge in [0.1, 0.15) is 5.75 Å². The van der Waals surface area contributed by atoms with Crippen molar-refractivity contribution in [1.82, 2.24) is 0 Å². The molecule has 0 unspecified atom stereocenters. The average molecular weight is 177 g/mol. The molecule has 4 nitrogen and oxygen atoms in total. The monoisotopic (exact) mass is 177 g/mol. The SMILES string of the molecule is COc1ccc([N+](=O)[O-])cc1.[H-].[Na+]. The minimum absolute atomic E-state index is 0. The van der Waals surface area contributed by atoms with E-state index in [0.717, 1.165) is 0 Å².